The molecule has 0 unspecified atom stereocenters. The van der Waals surface area contributed by atoms with Crippen LogP contribution < -0.4 is 15.6 Å². The molecule has 0 atom stereocenters. The first kappa shape index (κ1) is 22.2. The fraction of sp³-hybridized carbons (Fsp3) is 0.280. The minimum Gasteiger partial charge on any atom is -0.487 e. The molecule has 1 amide bonds. The molecule has 1 N–H and O–H groups in total. The lowest BCUT2D eigenvalue weighted by Crippen LogP contribution is -2.17. The van der Waals surface area contributed by atoms with Crippen molar-refractivity contribution in [3.05, 3.63) is 87.0 Å². The number of hydrogen-bond acceptors (Lipinski definition) is 6. The first-order valence-corrected chi connectivity index (χ1v) is 12.1. The average molecular weight is 479 g/mol. The molecule has 1 saturated carbocycles. The van der Waals surface area contributed by atoms with E-state index in [0.29, 0.717) is 28.0 Å². The van der Waals surface area contributed by atoms with Crippen LogP contribution in [0.5, 0.6) is 5.75 Å². The molecule has 0 saturated heterocycles. The number of amides is 1. The zero-order chi connectivity index (χ0) is 23.5. The summed E-state index contributed by atoms with van der Waals surface area (Å²) >= 11 is 1.47. The smallest absolute Gasteiger partial charge is 0.275 e. The van der Waals surface area contributed by atoms with Gasteiger partial charge in [-0.25, -0.2) is 9.37 Å². The number of ether oxygens (including phenoxy) is 1. The highest BCUT2D eigenvalue weighted by molar-refractivity contribution is 7.16. The Morgan fingerprint density at radius 2 is 1.94 bits per heavy atom. The van der Waals surface area contributed by atoms with Gasteiger partial charge in [-0.05, 0) is 43.2 Å². The van der Waals surface area contributed by atoms with Gasteiger partial charge in [0.05, 0.1) is 5.69 Å². The highest BCUT2D eigenvalue weighted by Gasteiger charge is 2.20. The molecule has 2 heterocycles. The Bertz CT molecular complexity index is 1390. The van der Waals surface area contributed by atoms with Gasteiger partial charge in [0.1, 0.15) is 23.2 Å². The lowest BCUT2D eigenvalue weighted by Gasteiger charge is -2.18. The summed E-state index contributed by atoms with van der Waals surface area (Å²) in [4.78, 5) is 30.1. The Labute approximate surface area is 199 Å². The van der Waals surface area contributed by atoms with Crippen molar-refractivity contribution in [3.63, 3.8) is 0 Å². The Morgan fingerprint density at radius 1 is 1.12 bits per heavy atom. The van der Waals surface area contributed by atoms with Gasteiger partial charge in [-0.2, -0.15) is 9.61 Å². The molecule has 1 aliphatic rings. The fourth-order valence-electron chi connectivity index (χ4n) is 4.11. The molecule has 0 spiro atoms. The van der Waals surface area contributed by atoms with E-state index in [4.69, 9.17) is 4.74 Å². The highest BCUT2D eigenvalue weighted by Crippen LogP contribution is 2.34. The molecule has 4 aromatic rings. The Balaban J connectivity index is 1.27. The van der Waals surface area contributed by atoms with Crippen molar-refractivity contribution in [2.75, 3.05) is 5.32 Å². The van der Waals surface area contributed by atoms with E-state index in [-0.39, 0.29) is 17.7 Å². The van der Waals surface area contributed by atoms with E-state index in [1.165, 1.54) is 65.4 Å². The first-order chi connectivity index (χ1) is 16.5. The van der Waals surface area contributed by atoms with Crippen molar-refractivity contribution in [3.8, 4) is 5.75 Å². The second-order valence-electron chi connectivity index (χ2n) is 8.34. The van der Waals surface area contributed by atoms with Crippen LogP contribution in [-0.4, -0.2) is 20.5 Å². The maximum absolute atomic E-state index is 13.4. The summed E-state index contributed by atoms with van der Waals surface area (Å²) in [6.45, 7) is 0.101. The van der Waals surface area contributed by atoms with Gasteiger partial charge in [0.15, 0.2) is 0 Å². The molecule has 2 aromatic heterocycles. The van der Waals surface area contributed by atoms with Gasteiger partial charge in [0.2, 0.25) is 4.96 Å². The topological polar surface area (TPSA) is 85.6 Å². The Morgan fingerprint density at radius 3 is 2.76 bits per heavy atom. The molecule has 5 rings (SSSR count). The van der Waals surface area contributed by atoms with Gasteiger partial charge >= 0.3 is 0 Å². The van der Waals surface area contributed by atoms with Crippen LogP contribution in [0.15, 0.2) is 59.4 Å². The van der Waals surface area contributed by atoms with Crippen LogP contribution in [0.1, 0.15) is 59.1 Å². The van der Waals surface area contributed by atoms with Gasteiger partial charge in [-0.15, -0.1) is 0 Å². The van der Waals surface area contributed by atoms with E-state index in [1.54, 1.807) is 24.3 Å². The number of benzene rings is 2. The molecule has 174 valence electrons. The number of fused-ring (bicyclic) bond motifs is 1. The maximum Gasteiger partial charge on any atom is 0.275 e. The van der Waals surface area contributed by atoms with E-state index in [0.717, 1.165) is 17.8 Å². The van der Waals surface area contributed by atoms with Crippen molar-refractivity contribution in [2.24, 2.45) is 0 Å². The third-order valence-electron chi connectivity index (χ3n) is 5.83. The van der Waals surface area contributed by atoms with Crippen LogP contribution in [0.25, 0.3) is 4.96 Å². The van der Waals surface area contributed by atoms with Crippen LogP contribution in [0.3, 0.4) is 0 Å². The number of aromatic nitrogens is 3. The van der Waals surface area contributed by atoms with E-state index in [1.807, 2.05) is 0 Å². The normalized spacial score (nSPS) is 14.3. The zero-order valence-corrected chi connectivity index (χ0v) is 19.2. The largest absolute Gasteiger partial charge is 0.487 e. The van der Waals surface area contributed by atoms with Crippen molar-refractivity contribution < 1.29 is 13.9 Å². The molecular formula is C25H23FN4O3S. The first-order valence-electron chi connectivity index (χ1n) is 11.2. The summed E-state index contributed by atoms with van der Waals surface area (Å²) in [5.74, 6) is 0.0174. The molecule has 1 aliphatic carbocycles. The van der Waals surface area contributed by atoms with Gasteiger partial charge in [-0.3, -0.25) is 9.59 Å². The quantitative estimate of drug-likeness (QED) is 0.413. The summed E-state index contributed by atoms with van der Waals surface area (Å²) in [5, 5.41) is 8.23. The zero-order valence-electron chi connectivity index (χ0n) is 18.4. The monoisotopic (exact) mass is 478 g/mol. The van der Waals surface area contributed by atoms with Crippen molar-refractivity contribution in [1.82, 2.24) is 14.6 Å². The Kier molecular flexibility index (Phi) is 6.35. The molecule has 1 fully saturated rings. The van der Waals surface area contributed by atoms with Crippen LogP contribution in [0.4, 0.5) is 10.1 Å². The minimum atomic E-state index is -0.475. The van der Waals surface area contributed by atoms with Crippen molar-refractivity contribution >= 4 is 27.9 Å². The number of hydrogen-bond donors (Lipinski definition) is 1. The van der Waals surface area contributed by atoms with Crippen LogP contribution in [0.2, 0.25) is 0 Å². The molecule has 0 radical (unpaired) electrons. The third-order valence-corrected chi connectivity index (χ3v) is 6.90. The Hall–Kier alpha value is -3.59. The maximum atomic E-state index is 13.4. The number of nitrogens with zero attached hydrogens (tertiary/aromatic N) is 3. The standard InChI is InChI=1S/C25H23FN4O3S/c26-18-9-4-8-17(12-18)23(32)27-19-10-5-11-21(13-19)33-15-20-14-22(31)30-25(28-20)34-24(29-30)16-6-2-1-3-7-16/h4-5,8-14,16H,1-3,6-7,15H2,(H,27,32). The summed E-state index contributed by atoms with van der Waals surface area (Å²) in [7, 11) is 0. The summed E-state index contributed by atoms with van der Waals surface area (Å²) in [5.41, 5.74) is 1.02. The molecule has 34 heavy (non-hydrogen) atoms. The number of rotatable bonds is 6. The molecule has 0 aliphatic heterocycles. The number of nitrogens with one attached hydrogen (secondary N) is 1. The molecule has 0 bridgehead atoms. The second-order valence-corrected chi connectivity index (χ2v) is 9.32. The van der Waals surface area contributed by atoms with Crippen molar-refractivity contribution in [2.45, 2.75) is 44.6 Å². The van der Waals surface area contributed by atoms with Crippen LogP contribution >= 0.6 is 11.3 Å². The van der Waals surface area contributed by atoms with Crippen LogP contribution in [-0.2, 0) is 6.61 Å². The summed E-state index contributed by atoms with van der Waals surface area (Å²) in [6.07, 6.45) is 5.87. The lowest BCUT2D eigenvalue weighted by molar-refractivity contribution is 0.102. The predicted molar refractivity (Wildman–Crippen MR) is 128 cm³/mol. The summed E-state index contributed by atoms with van der Waals surface area (Å²) < 4.78 is 20.6. The third kappa shape index (κ3) is 4.99. The van der Waals surface area contributed by atoms with E-state index < -0.39 is 11.7 Å². The van der Waals surface area contributed by atoms with Gasteiger partial charge in [0.25, 0.3) is 11.5 Å². The number of halogens is 1. The van der Waals surface area contributed by atoms with Crippen molar-refractivity contribution in [1.29, 1.82) is 0 Å². The number of carbonyl (C=O) groups excluding carboxylic acids is 1. The average Bonchev–Trinajstić information content (AvgIpc) is 3.29. The predicted octanol–water partition coefficient (Wildman–Crippen LogP) is 5.17. The minimum absolute atomic E-state index is 0.101. The van der Waals surface area contributed by atoms with Gasteiger partial charge in [0, 0.05) is 29.3 Å². The van der Waals surface area contributed by atoms with Gasteiger partial charge < -0.3 is 10.1 Å². The SMILES string of the molecule is O=C(Nc1cccc(OCc2cc(=O)n3nc(C4CCCCC4)sc3n2)c1)c1cccc(F)c1. The lowest BCUT2D eigenvalue weighted by atomic mass is 9.90. The van der Waals surface area contributed by atoms with E-state index in [9.17, 15) is 14.0 Å². The molecule has 9 heteroatoms. The van der Waals surface area contributed by atoms with E-state index >= 15 is 0 Å². The van der Waals surface area contributed by atoms with Crippen LogP contribution in [0, 0.1) is 5.82 Å². The number of anilines is 1. The molecule has 7 nitrogen and oxygen atoms in total. The van der Waals surface area contributed by atoms with Gasteiger partial charge in [-0.1, -0.05) is 42.7 Å². The highest BCUT2D eigenvalue weighted by atomic mass is 32.1. The number of carbonyl (C=O) groups is 1. The second kappa shape index (κ2) is 9.72. The van der Waals surface area contributed by atoms with E-state index in [2.05, 4.69) is 15.4 Å². The molecule has 2 aromatic carbocycles. The molecular weight excluding hydrogens is 455 g/mol. The summed E-state index contributed by atoms with van der Waals surface area (Å²) in [6, 6.07) is 13.8. The fourth-order valence-corrected chi connectivity index (χ4v) is 5.21.